The Balaban J connectivity index is 1.88. The van der Waals surface area contributed by atoms with Gasteiger partial charge < -0.3 is 4.57 Å². The molecule has 0 saturated carbocycles. The van der Waals surface area contributed by atoms with E-state index in [0.717, 1.165) is 23.1 Å². The first-order chi connectivity index (χ1) is 10.8. The van der Waals surface area contributed by atoms with Crippen LogP contribution in [-0.4, -0.2) is 18.9 Å². The zero-order chi connectivity index (χ0) is 14.9. The molecule has 0 aliphatic heterocycles. The van der Waals surface area contributed by atoms with Crippen molar-refractivity contribution in [2.45, 2.75) is 13.0 Å². The minimum atomic E-state index is -0.0212. The Morgan fingerprint density at radius 3 is 2.59 bits per heavy atom. The van der Waals surface area contributed by atoms with Crippen molar-refractivity contribution in [2.24, 2.45) is 0 Å². The molecule has 0 N–H and O–H groups in total. The maximum atomic E-state index is 12.7. The topological polar surface area (TPSA) is 52.2 Å². The Labute approximate surface area is 126 Å². The van der Waals surface area contributed by atoms with E-state index in [1.165, 1.54) is 0 Å². The van der Waals surface area contributed by atoms with Gasteiger partial charge in [0.15, 0.2) is 0 Å². The van der Waals surface area contributed by atoms with Crippen LogP contribution in [-0.2, 0) is 13.0 Å². The van der Waals surface area contributed by atoms with E-state index < -0.39 is 0 Å². The third-order valence-electron chi connectivity index (χ3n) is 3.85. The fourth-order valence-corrected chi connectivity index (χ4v) is 2.78. The zero-order valence-electron chi connectivity index (χ0n) is 11.9. The third kappa shape index (κ3) is 1.98. The van der Waals surface area contributed by atoms with Crippen molar-refractivity contribution in [2.75, 3.05) is 0 Å². The summed E-state index contributed by atoms with van der Waals surface area (Å²) in [5, 5.41) is 0. The van der Waals surface area contributed by atoms with E-state index in [-0.39, 0.29) is 5.56 Å². The van der Waals surface area contributed by atoms with Gasteiger partial charge in [0.2, 0.25) is 0 Å². The highest BCUT2D eigenvalue weighted by molar-refractivity contribution is 5.78. The minimum Gasteiger partial charge on any atom is -0.305 e. The lowest BCUT2D eigenvalue weighted by atomic mass is 10.2. The van der Waals surface area contributed by atoms with E-state index >= 15 is 0 Å². The molecule has 0 aliphatic carbocycles. The molecule has 0 fully saturated rings. The first-order valence-corrected chi connectivity index (χ1v) is 7.18. The Morgan fingerprint density at radius 1 is 0.955 bits per heavy atom. The second-order valence-corrected chi connectivity index (χ2v) is 5.17. The van der Waals surface area contributed by atoms with Gasteiger partial charge >= 0.3 is 0 Å². The van der Waals surface area contributed by atoms with Crippen LogP contribution >= 0.6 is 0 Å². The van der Waals surface area contributed by atoms with E-state index in [4.69, 9.17) is 0 Å². The van der Waals surface area contributed by atoms with Crippen molar-refractivity contribution < 1.29 is 0 Å². The molecule has 5 nitrogen and oxygen atoms in total. The summed E-state index contributed by atoms with van der Waals surface area (Å²) in [6.07, 6.45) is 5.79. The number of hydrogen-bond donors (Lipinski definition) is 0. The van der Waals surface area contributed by atoms with Gasteiger partial charge in [-0.1, -0.05) is 18.2 Å². The van der Waals surface area contributed by atoms with Crippen LogP contribution in [0.2, 0.25) is 0 Å². The van der Waals surface area contributed by atoms with E-state index in [1.807, 2.05) is 46.9 Å². The van der Waals surface area contributed by atoms with E-state index in [0.29, 0.717) is 12.1 Å². The summed E-state index contributed by atoms with van der Waals surface area (Å²) in [5.74, 6) is 0. The summed E-state index contributed by atoms with van der Waals surface area (Å²) in [7, 11) is 0. The Bertz CT molecular complexity index is 1000. The minimum absolute atomic E-state index is 0.0212. The number of imidazole rings is 1. The van der Waals surface area contributed by atoms with Crippen molar-refractivity contribution in [1.82, 2.24) is 18.9 Å². The fraction of sp³-hybridized carbons (Fsp3) is 0.118. The molecule has 4 aromatic rings. The van der Waals surface area contributed by atoms with Crippen LogP contribution in [0.25, 0.3) is 16.6 Å². The molecule has 22 heavy (non-hydrogen) atoms. The van der Waals surface area contributed by atoms with Gasteiger partial charge in [-0.2, -0.15) is 0 Å². The number of para-hydroxylation sites is 2. The monoisotopic (exact) mass is 290 g/mol. The highest BCUT2D eigenvalue weighted by Crippen LogP contribution is 2.14. The number of hydrogen-bond acceptors (Lipinski definition) is 3. The van der Waals surface area contributed by atoms with Gasteiger partial charge in [0.05, 0.1) is 23.6 Å². The van der Waals surface area contributed by atoms with Crippen molar-refractivity contribution in [3.05, 3.63) is 77.2 Å². The standard InChI is InChI=1S/C17H14N4O/c22-17-16-11-18-12-21(16)15-7-2-1-6-14(15)20(17)10-8-13-5-3-4-9-19-13/h1-7,9,11-12H,8,10H2. The van der Waals surface area contributed by atoms with Crippen LogP contribution < -0.4 is 5.56 Å². The first-order valence-electron chi connectivity index (χ1n) is 7.18. The molecule has 3 aromatic heterocycles. The number of pyridine rings is 1. The molecule has 5 heteroatoms. The lowest BCUT2D eigenvalue weighted by molar-refractivity contribution is 0.685. The first kappa shape index (κ1) is 12.8. The highest BCUT2D eigenvalue weighted by Gasteiger charge is 2.10. The van der Waals surface area contributed by atoms with Gasteiger partial charge in [-0.3, -0.25) is 14.2 Å². The van der Waals surface area contributed by atoms with Crippen LogP contribution in [0.1, 0.15) is 5.69 Å². The lowest BCUT2D eigenvalue weighted by Crippen LogP contribution is -2.23. The van der Waals surface area contributed by atoms with Crippen molar-refractivity contribution in [3.8, 4) is 0 Å². The number of aryl methyl sites for hydroxylation is 2. The summed E-state index contributed by atoms with van der Waals surface area (Å²) >= 11 is 0. The summed E-state index contributed by atoms with van der Waals surface area (Å²) in [6, 6.07) is 13.7. The molecular formula is C17H14N4O. The molecular weight excluding hydrogens is 276 g/mol. The lowest BCUT2D eigenvalue weighted by Gasteiger charge is -2.11. The molecule has 0 atom stereocenters. The summed E-state index contributed by atoms with van der Waals surface area (Å²) in [6.45, 7) is 0.595. The predicted octanol–water partition coefficient (Wildman–Crippen LogP) is 2.29. The average molecular weight is 290 g/mol. The van der Waals surface area contributed by atoms with Gasteiger partial charge in [-0.05, 0) is 24.3 Å². The number of nitrogens with zero attached hydrogens (tertiary/aromatic N) is 4. The van der Waals surface area contributed by atoms with Crippen LogP contribution in [0.3, 0.4) is 0 Å². The summed E-state index contributed by atoms with van der Waals surface area (Å²) in [4.78, 5) is 21.1. The van der Waals surface area contributed by atoms with E-state index in [1.54, 1.807) is 23.3 Å². The van der Waals surface area contributed by atoms with Gasteiger partial charge in [-0.25, -0.2) is 4.98 Å². The maximum absolute atomic E-state index is 12.7. The van der Waals surface area contributed by atoms with Crippen molar-refractivity contribution in [1.29, 1.82) is 0 Å². The van der Waals surface area contributed by atoms with E-state index in [9.17, 15) is 4.79 Å². The zero-order valence-corrected chi connectivity index (χ0v) is 11.9. The molecule has 0 amide bonds. The summed E-state index contributed by atoms with van der Waals surface area (Å²) < 4.78 is 3.65. The smallest absolute Gasteiger partial charge is 0.276 e. The number of rotatable bonds is 3. The van der Waals surface area contributed by atoms with Gasteiger partial charge in [0, 0.05) is 24.9 Å². The van der Waals surface area contributed by atoms with E-state index in [2.05, 4.69) is 9.97 Å². The largest absolute Gasteiger partial charge is 0.305 e. The average Bonchev–Trinajstić information content (AvgIpc) is 3.06. The molecule has 4 rings (SSSR count). The normalized spacial score (nSPS) is 11.3. The second-order valence-electron chi connectivity index (χ2n) is 5.17. The quantitative estimate of drug-likeness (QED) is 0.581. The highest BCUT2D eigenvalue weighted by atomic mass is 16.1. The molecule has 0 unspecified atom stereocenters. The van der Waals surface area contributed by atoms with Gasteiger partial charge in [-0.15, -0.1) is 0 Å². The van der Waals surface area contributed by atoms with Gasteiger partial charge in [0.25, 0.3) is 5.56 Å². The van der Waals surface area contributed by atoms with Crippen LogP contribution in [0.15, 0.2) is 66.0 Å². The van der Waals surface area contributed by atoms with Crippen molar-refractivity contribution >= 4 is 16.6 Å². The molecule has 0 radical (unpaired) electrons. The van der Waals surface area contributed by atoms with Crippen molar-refractivity contribution in [3.63, 3.8) is 0 Å². The maximum Gasteiger partial charge on any atom is 0.276 e. The molecule has 0 bridgehead atoms. The molecule has 1 aromatic carbocycles. The predicted molar refractivity (Wildman–Crippen MR) is 84.9 cm³/mol. The second kappa shape index (κ2) is 5.11. The molecule has 0 spiro atoms. The summed E-state index contributed by atoms with van der Waals surface area (Å²) in [5.41, 5.74) is 3.45. The SMILES string of the molecule is O=c1c2cncn2c2ccccc2n1CCc1ccccn1. The Morgan fingerprint density at radius 2 is 1.77 bits per heavy atom. The fourth-order valence-electron chi connectivity index (χ4n) is 2.78. The molecule has 0 saturated heterocycles. The molecule has 0 aliphatic rings. The molecule has 108 valence electrons. The third-order valence-corrected chi connectivity index (χ3v) is 3.85. The number of fused-ring (bicyclic) bond motifs is 3. The van der Waals surface area contributed by atoms with Gasteiger partial charge in [0.1, 0.15) is 5.52 Å². The van der Waals surface area contributed by atoms with Crippen LogP contribution in [0.5, 0.6) is 0 Å². The van der Waals surface area contributed by atoms with Crippen LogP contribution in [0, 0.1) is 0 Å². The Kier molecular flexibility index (Phi) is 2.96. The number of benzene rings is 1. The number of aromatic nitrogens is 4. The van der Waals surface area contributed by atoms with Crippen LogP contribution in [0.4, 0.5) is 0 Å². The molecule has 3 heterocycles. The Hall–Kier alpha value is -2.95.